The summed E-state index contributed by atoms with van der Waals surface area (Å²) >= 11 is 0. The van der Waals surface area contributed by atoms with Gasteiger partial charge in [-0.15, -0.1) is 5.10 Å². The van der Waals surface area contributed by atoms with Crippen molar-refractivity contribution in [1.82, 2.24) is 10.2 Å². The normalized spacial score (nSPS) is 10.3. The lowest BCUT2D eigenvalue weighted by molar-refractivity contribution is 0.262. The van der Waals surface area contributed by atoms with Crippen molar-refractivity contribution in [1.29, 1.82) is 0 Å². The first-order chi connectivity index (χ1) is 12.5. The summed E-state index contributed by atoms with van der Waals surface area (Å²) in [7, 11) is 0. The summed E-state index contributed by atoms with van der Waals surface area (Å²) in [4.78, 5) is 11.9. The van der Waals surface area contributed by atoms with Crippen molar-refractivity contribution < 1.29 is 13.6 Å². The van der Waals surface area contributed by atoms with E-state index in [2.05, 4.69) is 26.1 Å². The average Bonchev–Trinajstić information content (AvgIpc) is 2.57. The van der Waals surface area contributed by atoms with Crippen molar-refractivity contribution in [3.8, 4) is 0 Å². The van der Waals surface area contributed by atoms with Crippen LogP contribution in [0.3, 0.4) is 0 Å². The summed E-state index contributed by atoms with van der Waals surface area (Å²) in [6, 6.07) is 12.7. The molecule has 0 saturated heterocycles. The Hall–Kier alpha value is -3.55. The van der Waals surface area contributed by atoms with Crippen LogP contribution in [0, 0.1) is 18.6 Å². The summed E-state index contributed by atoms with van der Waals surface area (Å²) in [5.74, 6) is -0.938. The molecule has 0 atom stereocenters. The minimum atomic E-state index is -0.769. The van der Waals surface area contributed by atoms with Crippen LogP contribution >= 0.6 is 0 Å². The second-order valence-electron chi connectivity index (χ2n) is 5.50. The van der Waals surface area contributed by atoms with Gasteiger partial charge in [0.05, 0.1) is 5.69 Å². The van der Waals surface area contributed by atoms with Gasteiger partial charge in [-0.05, 0) is 55.5 Å². The zero-order valence-corrected chi connectivity index (χ0v) is 13.8. The van der Waals surface area contributed by atoms with Gasteiger partial charge in [-0.3, -0.25) is 0 Å². The number of amides is 2. The van der Waals surface area contributed by atoms with Crippen molar-refractivity contribution in [2.24, 2.45) is 0 Å². The number of nitrogens with zero attached hydrogens (tertiary/aromatic N) is 2. The third-order valence-electron chi connectivity index (χ3n) is 3.33. The Labute approximate surface area is 148 Å². The summed E-state index contributed by atoms with van der Waals surface area (Å²) in [5, 5.41) is 16.0. The molecule has 132 valence electrons. The first-order valence-corrected chi connectivity index (χ1v) is 7.69. The number of carbonyl (C=O) groups is 1. The summed E-state index contributed by atoms with van der Waals surface area (Å²) in [6.45, 7) is 1.85. The van der Waals surface area contributed by atoms with E-state index in [9.17, 15) is 13.6 Å². The van der Waals surface area contributed by atoms with Crippen LogP contribution < -0.4 is 16.0 Å². The van der Waals surface area contributed by atoms with Gasteiger partial charge in [-0.25, -0.2) is 13.6 Å². The number of hydrogen-bond donors (Lipinski definition) is 3. The molecular weight excluding hydrogens is 340 g/mol. The molecular formula is C18H15F2N5O. The minimum Gasteiger partial charge on any atom is -0.339 e. The molecule has 0 radical (unpaired) electrons. The average molecular weight is 355 g/mol. The van der Waals surface area contributed by atoms with Crippen LogP contribution in [-0.4, -0.2) is 16.2 Å². The van der Waals surface area contributed by atoms with E-state index in [4.69, 9.17) is 0 Å². The number of urea groups is 1. The molecule has 2 aromatic carbocycles. The molecule has 3 rings (SSSR count). The lowest BCUT2D eigenvalue weighted by Gasteiger charge is -2.09. The van der Waals surface area contributed by atoms with Crippen LogP contribution in [0.15, 0.2) is 54.6 Å². The summed E-state index contributed by atoms with van der Waals surface area (Å²) < 4.78 is 26.2. The Bertz CT molecular complexity index is 894. The van der Waals surface area contributed by atoms with Crippen LogP contribution in [0.2, 0.25) is 0 Å². The smallest absolute Gasteiger partial charge is 0.323 e. The first kappa shape index (κ1) is 17.3. The van der Waals surface area contributed by atoms with Crippen LogP contribution in [0.25, 0.3) is 0 Å². The van der Waals surface area contributed by atoms with E-state index < -0.39 is 17.7 Å². The lowest BCUT2D eigenvalue weighted by Crippen LogP contribution is -2.19. The van der Waals surface area contributed by atoms with E-state index >= 15 is 0 Å². The molecule has 1 aromatic heterocycles. The number of rotatable bonds is 4. The predicted molar refractivity (Wildman–Crippen MR) is 95.5 cm³/mol. The molecule has 0 bridgehead atoms. The molecule has 0 aliphatic carbocycles. The fraction of sp³-hybridized carbons (Fsp3) is 0.0556. The summed E-state index contributed by atoms with van der Waals surface area (Å²) in [6.07, 6.45) is 0. The number of anilines is 4. The van der Waals surface area contributed by atoms with Crippen molar-refractivity contribution in [2.75, 3.05) is 16.0 Å². The van der Waals surface area contributed by atoms with Crippen molar-refractivity contribution in [2.45, 2.75) is 6.92 Å². The molecule has 0 unspecified atom stereocenters. The van der Waals surface area contributed by atoms with Gasteiger partial charge < -0.3 is 16.0 Å². The summed E-state index contributed by atoms with van der Waals surface area (Å²) in [5.41, 5.74) is 2.12. The van der Waals surface area contributed by atoms with Crippen molar-refractivity contribution >= 4 is 28.9 Å². The molecule has 3 N–H and O–H groups in total. The van der Waals surface area contributed by atoms with E-state index in [1.807, 2.05) is 13.0 Å². The Morgan fingerprint density at radius 1 is 0.808 bits per heavy atom. The van der Waals surface area contributed by atoms with Gasteiger partial charge >= 0.3 is 6.03 Å². The van der Waals surface area contributed by atoms with Gasteiger partial charge in [0.2, 0.25) is 0 Å². The predicted octanol–water partition coefficient (Wildman–Crippen LogP) is 4.45. The zero-order chi connectivity index (χ0) is 18.5. The lowest BCUT2D eigenvalue weighted by atomic mass is 10.2. The third-order valence-corrected chi connectivity index (χ3v) is 3.33. The third kappa shape index (κ3) is 4.73. The Kier molecular flexibility index (Phi) is 5.02. The molecule has 0 spiro atoms. The number of benzene rings is 2. The molecule has 2 amide bonds. The molecule has 6 nitrogen and oxygen atoms in total. The molecule has 3 aromatic rings. The largest absolute Gasteiger partial charge is 0.339 e. The molecule has 0 aliphatic rings. The molecule has 0 aliphatic heterocycles. The second kappa shape index (κ2) is 7.56. The van der Waals surface area contributed by atoms with Crippen LogP contribution in [0.1, 0.15) is 5.69 Å². The Morgan fingerprint density at radius 2 is 1.42 bits per heavy atom. The SMILES string of the molecule is Cc1ccc(Nc2ccc(NC(=O)Nc3cc(F)cc(F)c3)cc2)nn1. The van der Waals surface area contributed by atoms with Gasteiger partial charge in [0.15, 0.2) is 5.82 Å². The van der Waals surface area contributed by atoms with Crippen molar-refractivity contribution in [3.05, 3.63) is 71.9 Å². The van der Waals surface area contributed by atoms with E-state index in [0.717, 1.165) is 29.6 Å². The number of aryl methyl sites for hydroxylation is 1. The van der Waals surface area contributed by atoms with Gasteiger partial charge in [0.25, 0.3) is 0 Å². The standard InChI is InChI=1S/C18H15F2N5O/c1-11-2-7-17(25-24-11)21-14-3-5-15(6-4-14)22-18(26)23-16-9-12(19)8-13(20)10-16/h2-10H,1H3,(H,21,25)(H2,22,23,26). The van der Waals surface area contributed by atoms with Crippen LogP contribution in [0.4, 0.5) is 36.5 Å². The number of hydrogen-bond acceptors (Lipinski definition) is 4. The van der Waals surface area contributed by atoms with Gasteiger partial charge in [-0.1, -0.05) is 0 Å². The molecule has 0 fully saturated rings. The number of carbonyl (C=O) groups excluding carboxylic acids is 1. The van der Waals surface area contributed by atoms with Gasteiger partial charge in [-0.2, -0.15) is 5.10 Å². The van der Waals surface area contributed by atoms with E-state index in [1.54, 1.807) is 30.3 Å². The maximum Gasteiger partial charge on any atom is 0.323 e. The van der Waals surface area contributed by atoms with Gasteiger partial charge in [0, 0.05) is 23.1 Å². The van der Waals surface area contributed by atoms with Crippen LogP contribution in [0.5, 0.6) is 0 Å². The molecule has 8 heteroatoms. The highest BCUT2D eigenvalue weighted by molar-refractivity contribution is 5.99. The topological polar surface area (TPSA) is 78.9 Å². The first-order valence-electron chi connectivity index (χ1n) is 7.69. The highest BCUT2D eigenvalue weighted by atomic mass is 19.1. The van der Waals surface area contributed by atoms with Crippen LogP contribution in [-0.2, 0) is 0 Å². The van der Waals surface area contributed by atoms with Gasteiger partial charge in [0.1, 0.15) is 11.6 Å². The maximum atomic E-state index is 13.1. The fourth-order valence-corrected chi connectivity index (χ4v) is 2.17. The Balaban J connectivity index is 1.59. The zero-order valence-electron chi connectivity index (χ0n) is 13.8. The fourth-order valence-electron chi connectivity index (χ4n) is 2.17. The quantitative estimate of drug-likeness (QED) is 0.646. The number of nitrogens with one attached hydrogen (secondary N) is 3. The highest BCUT2D eigenvalue weighted by Gasteiger charge is 2.06. The van der Waals surface area contributed by atoms with E-state index in [-0.39, 0.29) is 5.69 Å². The Morgan fingerprint density at radius 3 is 2.04 bits per heavy atom. The number of aromatic nitrogens is 2. The monoisotopic (exact) mass is 355 g/mol. The molecule has 26 heavy (non-hydrogen) atoms. The second-order valence-corrected chi connectivity index (χ2v) is 5.50. The highest BCUT2D eigenvalue weighted by Crippen LogP contribution is 2.18. The molecule has 1 heterocycles. The van der Waals surface area contributed by atoms with E-state index in [0.29, 0.717) is 11.5 Å². The maximum absolute atomic E-state index is 13.1. The minimum absolute atomic E-state index is 0.0243. The molecule has 0 saturated carbocycles. The van der Waals surface area contributed by atoms with E-state index in [1.165, 1.54) is 0 Å². The number of halogens is 2. The van der Waals surface area contributed by atoms with Crippen molar-refractivity contribution in [3.63, 3.8) is 0 Å².